The topological polar surface area (TPSA) is 314 Å². The van der Waals surface area contributed by atoms with Crippen LogP contribution < -0.4 is 0 Å². The molecule has 1 saturated carbocycles. The van der Waals surface area contributed by atoms with E-state index in [2.05, 4.69) is 37.3 Å². The maximum absolute atomic E-state index is 13.9. The summed E-state index contributed by atoms with van der Waals surface area (Å²) in [5.74, 6) is -5.87. The van der Waals surface area contributed by atoms with Crippen molar-refractivity contribution in [1.82, 2.24) is 0 Å². The Bertz CT molecular complexity index is 1790. The fraction of sp³-hybridized carbons (Fsp3) is 0.694. The molecule has 21 heteroatoms. The number of aliphatic hydroxyl groups is 6. The number of esters is 2. The highest BCUT2D eigenvalue weighted by atomic mass is 31.2. The van der Waals surface area contributed by atoms with Crippen molar-refractivity contribution in [2.45, 2.75) is 191 Å². The number of unbranched alkanes of at least 4 members (excludes halogenated alkanes) is 6. The quantitative estimate of drug-likeness (QED) is 0.0225. The zero-order chi connectivity index (χ0) is 52.0. The summed E-state index contributed by atoms with van der Waals surface area (Å²) in [5.41, 5.74) is 0. The number of ether oxygens (including phenoxy) is 2. The van der Waals surface area contributed by atoms with E-state index in [1.54, 1.807) is 6.08 Å². The summed E-state index contributed by atoms with van der Waals surface area (Å²) in [6.07, 6.45) is 11.8. The third-order valence-electron chi connectivity index (χ3n) is 11.6. The van der Waals surface area contributed by atoms with Crippen LogP contribution in [-0.2, 0) is 46.6 Å². The summed E-state index contributed by atoms with van der Waals surface area (Å²) in [4.78, 5) is 70.5. The molecule has 0 aromatic heterocycles. The number of cyclic esters (lactones) is 1. The second-order valence-electron chi connectivity index (χ2n) is 17.6. The van der Waals surface area contributed by atoms with Crippen LogP contribution in [0.2, 0.25) is 0 Å². The molecule has 0 radical (unpaired) electrons. The molecule has 0 saturated heterocycles. The summed E-state index contributed by atoms with van der Waals surface area (Å²) < 4.78 is 52.0. The van der Waals surface area contributed by atoms with Crippen molar-refractivity contribution in [1.29, 1.82) is 0 Å². The Morgan fingerprint density at radius 1 is 0.843 bits per heavy atom. The van der Waals surface area contributed by atoms with Crippen molar-refractivity contribution in [3.8, 4) is 0 Å². The van der Waals surface area contributed by atoms with Gasteiger partial charge in [0, 0.05) is 25.2 Å². The van der Waals surface area contributed by atoms with Crippen LogP contribution in [0.1, 0.15) is 136 Å². The molecule has 1 fully saturated rings. The Balaban J connectivity index is 2.30. The molecule has 0 aromatic rings. The zero-order valence-electron chi connectivity index (χ0n) is 40.6. The van der Waals surface area contributed by atoms with Crippen LogP contribution in [0.3, 0.4) is 0 Å². The number of fused-ring (bicyclic) bond motifs is 4. The third-order valence-corrected chi connectivity index (χ3v) is 13.1. The van der Waals surface area contributed by atoms with Gasteiger partial charge in [-0.05, 0) is 70.6 Å². The van der Waals surface area contributed by atoms with Crippen LogP contribution in [0.15, 0.2) is 72.9 Å². The first kappa shape index (κ1) is 63.1. The van der Waals surface area contributed by atoms with Gasteiger partial charge in [0.05, 0.1) is 36.9 Å². The summed E-state index contributed by atoms with van der Waals surface area (Å²) in [5, 5.41) is 67.9. The van der Waals surface area contributed by atoms with Gasteiger partial charge >= 0.3 is 27.6 Å². The summed E-state index contributed by atoms with van der Waals surface area (Å²) >= 11 is 0. The van der Waals surface area contributed by atoms with E-state index in [0.29, 0.717) is 25.7 Å². The van der Waals surface area contributed by atoms with E-state index >= 15 is 0 Å². The molecule has 0 aromatic carbocycles. The first-order valence-corrected chi connectivity index (χ1v) is 27.6. The number of carbonyl (C=O) groups excluding carboxylic acids is 3. The van der Waals surface area contributed by atoms with Crippen LogP contribution >= 0.6 is 15.6 Å². The van der Waals surface area contributed by atoms with E-state index in [0.717, 1.165) is 44.3 Å². The lowest BCUT2D eigenvalue weighted by Crippen LogP contribution is -2.56. The van der Waals surface area contributed by atoms with Gasteiger partial charge in [0.25, 0.3) is 0 Å². The lowest BCUT2D eigenvalue weighted by atomic mass is 9.83. The fourth-order valence-corrected chi connectivity index (χ4v) is 9.19. The normalized spacial score (nSPS) is 30.6. The van der Waals surface area contributed by atoms with E-state index in [1.165, 1.54) is 25.3 Å². The van der Waals surface area contributed by atoms with Gasteiger partial charge in [-0.2, -0.15) is 0 Å². The standard InChI is InChI=1S/C49H80O19P2/c1-3-5-7-8-9-10-11-12-13-14-15-16-17-18-19-20-25-29-42(53)64-34-37-35-65-70(62,63)68-49-47(58)46(57)44(55)38(28-24-21-22-26-30-43(54)66-37)40(51)33-41(52)39(32-31-36(50)27-23-6-4-2)45(56)48(49)67-69(59,60)61/h9-10,12-13,15-16,18-19,21,24,31-32,36-40,44-51,55-58H,3-8,11,14,17,20,22-23,25-30,33-35H2,1-2H3,(H,62,63)(H2,59,60,61)/b10-9-,13-12-,16-15-,19-18-,24-21-,32-31+/t36-,37+,38-,39-,40-,44+,45+,46-,47+,48+,49-/m0/s1. The van der Waals surface area contributed by atoms with Gasteiger partial charge in [-0.1, -0.05) is 119 Å². The Kier molecular flexibility index (Phi) is 31.8. The molecule has 0 amide bonds. The van der Waals surface area contributed by atoms with Crippen LogP contribution in [0, 0.1) is 11.8 Å². The molecule has 1 aliphatic heterocycles. The number of hydrogen-bond donors (Lipinski definition) is 9. The number of ketones is 1. The summed E-state index contributed by atoms with van der Waals surface area (Å²) in [6.45, 7) is 2.46. The molecular formula is C49H80O19P2. The highest BCUT2D eigenvalue weighted by Gasteiger charge is 2.51. The van der Waals surface area contributed by atoms with Crippen molar-refractivity contribution in [2.24, 2.45) is 11.8 Å². The lowest BCUT2D eigenvalue weighted by Gasteiger charge is -2.38. The SMILES string of the molecule is CCCCC/C=C\C/C=C\C/C=C\C/C=C\CCCC(=O)OC[C@@H]1COP(=O)(O)O[C@H]2[C@H](O)[C@@H](O)[C@H](O)[C@@H](C/C=C\CCCC(=O)O1)[C@@H](O)CC(=O)[C@H](/C=C/[C@@H](O)CCCCC)[C@@H](O)[C@H]2OP(=O)(O)O. The van der Waals surface area contributed by atoms with Crippen LogP contribution in [0.25, 0.3) is 0 Å². The molecule has 400 valence electrons. The minimum Gasteiger partial charge on any atom is -0.462 e. The largest absolute Gasteiger partial charge is 0.472 e. The fourth-order valence-electron chi connectivity index (χ4n) is 7.66. The average Bonchev–Trinajstić information content (AvgIpc) is 3.30. The zero-order valence-corrected chi connectivity index (χ0v) is 42.4. The van der Waals surface area contributed by atoms with Gasteiger partial charge in [0.2, 0.25) is 0 Å². The highest BCUT2D eigenvalue weighted by Crippen LogP contribution is 2.49. The monoisotopic (exact) mass is 1030 g/mol. The number of allylic oxidation sites excluding steroid dienone is 10. The van der Waals surface area contributed by atoms with E-state index in [4.69, 9.17) is 23.0 Å². The van der Waals surface area contributed by atoms with Crippen LogP contribution in [0.5, 0.6) is 0 Å². The first-order valence-electron chi connectivity index (χ1n) is 24.6. The smallest absolute Gasteiger partial charge is 0.462 e. The summed E-state index contributed by atoms with van der Waals surface area (Å²) in [7, 11) is -11.5. The van der Waals surface area contributed by atoms with Crippen molar-refractivity contribution in [3.63, 3.8) is 0 Å². The van der Waals surface area contributed by atoms with Gasteiger partial charge < -0.3 is 54.8 Å². The molecule has 9 N–H and O–H groups in total. The van der Waals surface area contributed by atoms with Gasteiger partial charge in [0.15, 0.2) is 6.10 Å². The second-order valence-corrected chi connectivity index (χ2v) is 20.2. The minimum absolute atomic E-state index is 0.0289. The van der Waals surface area contributed by atoms with Gasteiger partial charge in [-0.3, -0.25) is 28.0 Å². The molecule has 2 aliphatic rings. The van der Waals surface area contributed by atoms with E-state index in [-0.39, 0.29) is 38.5 Å². The molecule has 70 heavy (non-hydrogen) atoms. The number of aliphatic hydroxyl groups excluding tert-OH is 6. The van der Waals surface area contributed by atoms with Crippen molar-refractivity contribution in [2.75, 3.05) is 13.2 Å². The lowest BCUT2D eigenvalue weighted by molar-refractivity contribution is -0.165. The Morgan fingerprint density at radius 2 is 1.46 bits per heavy atom. The molecule has 12 atom stereocenters. The van der Waals surface area contributed by atoms with Gasteiger partial charge in [0.1, 0.15) is 36.8 Å². The Hall–Kier alpha value is -2.97. The molecular weight excluding hydrogens is 954 g/mol. The number of rotatable bonds is 24. The van der Waals surface area contributed by atoms with Crippen molar-refractivity contribution >= 4 is 33.4 Å². The van der Waals surface area contributed by atoms with Gasteiger partial charge in [-0.15, -0.1) is 0 Å². The number of phosphoric ester groups is 2. The number of phosphoric acid groups is 2. The predicted octanol–water partition coefficient (Wildman–Crippen LogP) is 6.20. The van der Waals surface area contributed by atoms with Crippen LogP contribution in [-0.4, -0.2) is 131 Å². The van der Waals surface area contributed by atoms with Crippen molar-refractivity contribution < 1.29 is 91.9 Å². The maximum Gasteiger partial charge on any atom is 0.472 e. The molecule has 19 nitrogen and oxygen atoms in total. The minimum atomic E-state index is -5.80. The molecule has 1 aliphatic carbocycles. The number of hydrogen-bond acceptors (Lipinski definition) is 16. The maximum atomic E-state index is 13.9. The molecule has 1 heterocycles. The van der Waals surface area contributed by atoms with E-state index in [9.17, 15) is 68.8 Å². The number of Topliss-reactive ketones (excluding diaryl/α,β-unsaturated/α-hetero) is 1. The van der Waals surface area contributed by atoms with Gasteiger partial charge in [-0.25, -0.2) is 9.13 Å². The Morgan fingerprint density at radius 3 is 2.09 bits per heavy atom. The Labute approximate surface area is 412 Å². The van der Waals surface area contributed by atoms with Crippen molar-refractivity contribution in [3.05, 3.63) is 72.9 Å². The van der Waals surface area contributed by atoms with Crippen LogP contribution in [0.4, 0.5) is 0 Å². The van der Waals surface area contributed by atoms with E-state index < -0.39 is 120 Å². The number of carbonyl (C=O) groups is 3. The predicted molar refractivity (Wildman–Crippen MR) is 260 cm³/mol. The molecule has 1 unspecified atom stereocenters. The molecule has 2 bridgehead atoms. The van der Waals surface area contributed by atoms with E-state index in [1.807, 2.05) is 25.2 Å². The third kappa shape index (κ3) is 26.6. The molecule has 2 rings (SSSR count). The first-order chi connectivity index (χ1) is 33.3. The molecule has 0 spiro atoms. The average molecular weight is 1040 g/mol. The second kappa shape index (κ2) is 35.2. The highest BCUT2D eigenvalue weighted by molar-refractivity contribution is 7.47. The summed E-state index contributed by atoms with van der Waals surface area (Å²) in [6, 6.07) is 0.